The van der Waals surface area contributed by atoms with Crippen molar-refractivity contribution in [3.8, 4) is 11.4 Å². The van der Waals surface area contributed by atoms with Crippen molar-refractivity contribution in [1.29, 1.82) is 0 Å². The van der Waals surface area contributed by atoms with Crippen LogP contribution >= 0.6 is 11.8 Å². The average Bonchev–Trinajstić information content (AvgIpc) is 3.17. The van der Waals surface area contributed by atoms with Crippen molar-refractivity contribution in [2.75, 3.05) is 5.75 Å². The van der Waals surface area contributed by atoms with E-state index in [0.717, 1.165) is 17.7 Å². The Morgan fingerprint density at radius 2 is 2.04 bits per heavy atom. The summed E-state index contributed by atoms with van der Waals surface area (Å²) in [5.41, 5.74) is 1.46. The van der Waals surface area contributed by atoms with Gasteiger partial charge in [0.25, 0.3) is 0 Å². The van der Waals surface area contributed by atoms with E-state index in [2.05, 4.69) is 15.5 Å². The number of carbonyl (C=O) groups is 1. The highest BCUT2D eigenvalue weighted by Crippen LogP contribution is 2.37. The number of fused-ring (bicyclic) bond motifs is 1. The molecule has 0 bridgehead atoms. The van der Waals surface area contributed by atoms with Crippen LogP contribution in [0.3, 0.4) is 0 Å². The molecule has 4 rings (SSSR count). The van der Waals surface area contributed by atoms with Gasteiger partial charge in [0, 0.05) is 29.1 Å². The number of hydrogen-bond donors (Lipinski definition) is 1. The van der Waals surface area contributed by atoms with Gasteiger partial charge in [-0.3, -0.25) is 4.79 Å². The van der Waals surface area contributed by atoms with Crippen LogP contribution < -0.4 is 5.32 Å². The summed E-state index contributed by atoms with van der Waals surface area (Å²) in [5.74, 6) is 0.689. The number of nitrogens with zero attached hydrogens (tertiary/aromatic N) is 2. The highest BCUT2D eigenvalue weighted by atomic mass is 32.2. The zero-order chi connectivity index (χ0) is 19.5. The lowest BCUT2D eigenvalue weighted by Crippen LogP contribution is -2.31. The van der Waals surface area contributed by atoms with E-state index in [1.54, 1.807) is 18.2 Å². The van der Waals surface area contributed by atoms with Gasteiger partial charge >= 0.3 is 0 Å². The Labute approximate surface area is 164 Å². The molecule has 0 aliphatic carbocycles. The molecule has 8 heteroatoms. The number of nitrogens with one attached hydrogen (secondary N) is 1. The third kappa shape index (κ3) is 4.06. The molecule has 144 valence electrons. The van der Waals surface area contributed by atoms with Crippen LogP contribution in [-0.2, 0) is 11.2 Å². The SMILES string of the molecule is O=C(CCc1nc(-c2ccc(F)cc2)no1)N[C@H]1CCSc2c(F)cccc21. The number of halogens is 2. The lowest BCUT2D eigenvalue weighted by atomic mass is 10.0. The first-order valence-corrected chi connectivity index (χ1v) is 9.88. The summed E-state index contributed by atoms with van der Waals surface area (Å²) in [6.07, 6.45) is 1.22. The number of aromatic nitrogens is 2. The first-order valence-electron chi connectivity index (χ1n) is 8.89. The maximum atomic E-state index is 13.9. The van der Waals surface area contributed by atoms with E-state index in [9.17, 15) is 13.6 Å². The fraction of sp³-hybridized carbons (Fsp3) is 0.250. The monoisotopic (exact) mass is 401 g/mol. The molecule has 1 aromatic heterocycles. The van der Waals surface area contributed by atoms with Crippen molar-refractivity contribution < 1.29 is 18.1 Å². The average molecular weight is 401 g/mol. The van der Waals surface area contributed by atoms with Gasteiger partial charge in [0.1, 0.15) is 11.6 Å². The van der Waals surface area contributed by atoms with Gasteiger partial charge in [-0.1, -0.05) is 17.3 Å². The molecule has 1 atom stereocenters. The maximum Gasteiger partial charge on any atom is 0.227 e. The van der Waals surface area contributed by atoms with Crippen molar-refractivity contribution in [1.82, 2.24) is 15.5 Å². The molecule has 1 amide bonds. The predicted molar refractivity (Wildman–Crippen MR) is 101 cm³/mol. The fourth-order valence-corrected chi connectivity index (χ4v) is 4.24. The van der Waals surface area contributed by atoms with Crippen LogP contribution in [0.4, 0.5) is 8.78 Å². The minimum absolute atomic E-state index is 0.159. The second-order valence-electron chi connectivity index (χ2n) is 6.43. The van der Waals surface area contributed by atoms with E-state index < -0.39 is 0 Å². The molecule has 3 aromatic rings. The molecule has 0 radical (unpaired) electrons. The summed E-state index contributed by atoms with van der Waals surface area (Å²) in [7, 11) is 0. The molecule has 0 unspecified atom stereocenters. The topological polar surface area (TPSA) is 68.0 Å². The second-order valence-corrected chi connectivity index (χ2v) is 7.54. The van der Waals surface area contributed by atoms with E-state index in [1.165, 1.54) is 30.0 Å². The molecule has 0 fully saturated rings. The quantitative estimate of drug-likeness (QED) is 0.690. The van der Waals surface area contributed by atoms with Crippen LogP contribution in [0, 0.1) is 11.6 Å². The van der Waals surface area contributed by atoms with Gasteiger partial charge in [0.15, 0.2) is 0 Å². The number of rotatable bonds is 5. The molecule has 1 aliphatic heterocycles. The summed E-state index contributed by atoms with van der Waals surface area (Å²) < 4.78 is 32.1. The number of hydrogen-bond acceptors (Lipinski definition) is 5. The van der Waals surface area contributed by atoms with Crippen LogP contribution in [-0.4, -0.2) is 21.8 Å². The zero-order valence-corrected chi connectivity index (χ0v) is 15.6. The van der Waals surface area contributed by atoms with Crippen LogP contribution in [0.25, 0.3) is 11.4 Å². The normalized spacial score (nSPS) is 15.9. The molecule has 0 spiro atoms. The van der Waals surface area contributed by atoms with E-state index in [0.29, 0.717) is 22.2 Å². The van der Waals surface area contributed by atoms with E-state index >= 15 is 0 Å². The first-order chi connectivity index (χ1) is 13.6. The molecular formula is C20H17F2N3O2S. The molecular weight excluding hydrogens is 384 g/mol. The molecule has 2 heterocycles. The van der Waals surface area contributed by atoms with Crippen LogP contribution in [0.15, 0.2) is 51.9 Å². The van der Waals surface area contributed by atoms with Crippen LogP contribution in [0.5, 0.6) is 0 Å². The number of benzene rings is 2. The predicted octanol–water partition coefficient (Wildman–Crippen LogP) is 4.30. The highest BCUT2D eigenvalue weighted by molar-refractivity contribution is 7.99. The summed E-state index contributed by atoms with van der Waals surface area (Å²) in [4.78, 5) is 17.2. The standard InChI is InChI=1S/C20H17F2N3O2S/c21-13-6-4-12(5-7-13)20-24-18(27-25-20)9-8-17(26)23-16-10-11-28-19-14(16)2-1-3-15(19)22/h1-7,16H,8-11H2,(H,23,26)/t16-/m0/s1. The van der Waals surface area contributed by atoms with Gasteiger partial charge in [-0.2, -0.15) is 4.98 Å². The Bertz CT molecular complexity index is 991. The summed E-state index contributed by atoms with van der Waals surface area (Å²) in [5, 5.41) is 6.83. The molecule has 2 aromatic carbocycles. The second kappa shape index (κ2) is 8.10. The minimum atomic E-state index is -0.341. The Kier molecular flexibility index (Phi) is 5.38. The Morgan fingerprint density at radius 3 is 2.86 bits per heavy atom. The third-order valence-electron chi connectivity index (χ3n) is 4.50. The summed E-state index contributed by atoms with van der Waals surface area (Å²) in [6, 6.07) is 10.5. The summed E-state index contributed by atoms with van der Waals surface area (Å²) >= 11 is 1.47. The van der Waals surface area contributed by atoms with Gasteiger partial charge in [-0.05, 0) is 42.3 Å². The number of aryl methyl sites for hydroxylation is 1. The first kappa shape index (κ1) is 18.6. The van der Waals surface area contributed by atoms with Gasteiger partial charge in [-0.25, -0.2) is 8.78 Å². The molecule has 0 saturated carbocycles. The Hall–Kier alpha value is -2.74. The molecule has 1 N–H and O–H groups in total. The van der Waals surface area contributed by atoms with Crippen molar-refractivity contribution in [3.63, 3.8) is 0 Å². The third-order valence-corrected chi connectivity index (χ3v) is 5.66. The van der Waals surface area contributed by atoms with Gasteiger partial charge < -0.3 is 9.84 Å². The molecule has 1 aliphatic rings. The minimum Gasteiger partial charge on any atom is -0.349 e. The summed E-state index contributed by atoms with van der Waals surface area (Å²) in [6.45, 7) is 0. The largest absolute Gasteiger partial charge is 0.349 e. The highest BCUT2D eigenvalue weighted by Gasteiger charge is 2.24. The number of amides is 1. The number of thioether (sulfide) groups is 1. The molecule has 0 saturated heterocycles. The van der Waals surface area contributed by atoms with Crippen molar-refractivity contribution >= 4 is 17.7 Å². The van der Waals surface area contributed by atoms with Gasteiger partial charge in [0.05, 0.1) is 6.04 Å². The Morgan fingerprint density at radius 1 is 1.21 bits per heavy atom. The smallest absolute Gasteiger partial charge is 0.227 e. The van der Waals surface area contributed by atoms with Gasteiger partial charge in [-0.15, -0.1) is 11.8 Å². The molecule has 28 heavy (non-hydrogen) atoms. The van der Waals surface area contributed by atoms with E-state index in [4.69, 9.17) is 4.52 Å². The van der Waals surface area contributed by atoms with Crippen molar-refractivity contribution in [3.05, 3.63) is 65.6 Å². The maximum absolute atomic E-state index is 13.9. The molecule has 5 nitrogen and oxygen atoms in total. The number of carbonyl (C=O) groups excluding carboxylic acids is 1. The van der Waals surface area contributed by atoms with E-state index in [1.807, 2.05) is 6.07 Å². The van der Waals surface area contributed by atoms with Crippen molar-refractivity contribution in [2.45, 2.75) is 30.2 Å². The van der Waals surface area contributed by atoms with E-state index in [-0.39, 0.29) is 36.4 Å². The fourth-order valence-electron chi connectivity index (χ4n) is 3.10. The van der Waals surface area contributed by atoms with Crippen LogP contribution in [0.1, 0.15) is 30.3 Å². The van der Waals surface area contributed by atoms with Gasteiger partial charge in [0.2, 0.25) is 17.6 Å². The Balaban J connectivity index is 1.36. The van der Waals surface area contributed by atoms with Crippen molar-refractivity contribution in [2.24, 2.45) is 0 Å². The zero-order valence-electron chi connectivity index (χ0n) is 14.8. The lowest BCUT2D eigenvalue weighted by Gasteiger charge is -2.26. The lowest BCUT2D eigenvalue weighted by molar-refractivity contribution is -0.121. The van der Waals surface area contributed by atoms with Crippen LogP contribution in [0.2, 0.25) is 0 Å².